The summed E-state index contributed by atoms with van der Waals surface area (Å²) in [5, 5.41) is 5.55. The van der Waals surface area contributed by atoms with Crippen LogP contribution in [-0.2, 0) is 9.53 Å². The highest BCUT2D eigenvalue weighted by Crippen LogP contribution is 2.23. The molecular formula is C18H23N2O2+. The van der Waals surface area contributed by atoms with Gasteiger partial charge in [0.2, 0.25) is 0 Å². The standard InChI is InChI=1S/C18H22N2O2/c1-14(19-18(21)13-20-9-11-22-12-10-20)16-8-4-6-15-5-2-3-7-17(15)16/h2-8,14H,9-13H2,1H3,(H,19,21)/p+1/t14-/m1/s1. The number of morpholine rings is 1. The molecule has 1 saturated heterocycles. The smallest absolute Gasteiger partial charge is 0.275 e. The predicted octanol–water partition coefficient (Wildman–Crippen LogP) is 0.932. The first kappa shape index (κ1) is 15.0. The molecule has 4 heteroatoms. The van der Waals surface area contributed by atoms with Crippen LogP contribution < -0.4 is 10.2 Å². The van der Waals surface area contributed by atoms with Gasteiger partial charge in [-0.1, -0.05) is 42.5 Å². The quantitative estimate of drug-likeness (QED) is 0.882. The average Bonchev–Trinajstić information content (AvgIpc) is 2.55. The first-order valence-corrected chi connectivity index (χ1v) is 7.92. The maximum atomic E-state index is 12.3. The average molecular weight is 299 g/mol. The summed E-state index contributed by atoms with van der Waals surface area (Å²) in [5.74, 6) is 0.109. The van der Waals surface area contributed by atoms with Crippen LogP contribution in [0.25, 0.3) is 10.8 Å². The van der Waals surface area contributed by atoms with E-state index >= 15 is 0 Å². The Hall–Kier alpha value is -1.91. The van der Waals surface area contributed by atoms with Gasteiger partial charge in [0.05, 0.1) is 19.3 Å². The molecule has 2 N–H and O–H groups in total. The Morgan fingerprint density at radius 1 is 1.18 bits per heavy atom. The third-order valence-corrected chi connectivity index (χ3v) is 4.28. The molecule has 1 heterocycles. The minimum Gasteiger partial charge on any atom is -0.370 e. The summed E-state index contributed by atoms with van der Waals surface area (Å²) in [6.45, 7) is 5.90. The molecule has 1 amide bonds. The van der Waals surface area contributed by atoms with Crippen LogP contribution in [0.4, 0.5) is 0 Å². The number of fused-ring (bicyclic) bond motifs is 1. The number of ether oxygens (including phenoxy) is 1. The Kier molecular flexibility index (Phi) is 4.71. The largest absolute Gasteiger partial charge is 0.370 e. The van der Waals surface area contributed by atoms with Crippen molar-refractivity contribution < 1.29 is 14.4 Å². The second-order valence-electron chi connectivity index (χ2n) is 5.90. The van der Waals surface area contributed by atoms with Crippen LogP contribution in [0.2, 0.25) is 0 Å². The summed E-state index contributed by atoms with van der Waals surface area (Å²) < 4.78 is 5.33. The molecule has 1 atom stereocenters. The molecule has 0 spiro atoms. The van der Waals surface area contributed by atoms with Crippen molar-refractivity contribution in [2.75, 3.05) is 32.8 Å². The van der Waals surface area contributed by atoms with Gasteiger partial charge in [-0.25, -0.2) is 0 Å². The van der Waals surface area contributed by atoms with E-state index in [9.17, 15) is 4.79 Å². The third-order valence-electron chi connectivity index (χ3n) is 4.28. The van der Waals surface area contributed by atoms with Crippen molar-refractivity contribution in [3.05, 3.63) is 48.0 Å². The summed E-state index contributed by atoms with van der Waals surface area (Å²) in [6, 6.07) is 14.5. The SMILES string of the molecule is C[C@@H](NC(=O)C[NH+]1CCOCC1)c1cccc2ccccc12. The number of quaternary nitrogens is 1. The van der Waals surface area contributed by atoms with E-state index in [2.05, 4.69) is 29.6 Å². The topological polar surface area (TPSA) is 42.8 Å². The fourth-order valence-corrected chi connectivity index (χ4v) is 3.06. The zero-order valence-electron chi connectivity index (χ0n) is 13.0. The van der Waals surface area contributed by atoms with E-state index in [4.69, 9.17) is 4.74 Å². The van der Waals surface area contributed by atoms with Crippen molar-refractivity contribution in [2.45, 2.75) is 13.0 Å². The van der Waals surface area contributed by atoms with Crippen molar-refractivity contribution in [1.29, 1.82) is 0 Å². The van der Waals surface area contributed by atoms with Crippen molar-refractivity contribution in [3.63, 3.8) is 0 Å². The Labute approximate surface area is 131 Å². The third kappa shape index (κ3) is 3.46. The second kappa shape index (κ2) is 6.90. The Morgan fingerprint density at radius 2 is 1.91 bits per heavy atom. The fourth-order valence-electron chi connectivity index (χ4n) is 3.06. The number of hydrogen-bond donors (Lipinski definition) is 2. The molecule has 4 nitrogen and oxygen atoms in total. The second-order valence-corrected chi connectivity index (χ2v) is 5.90. The highest BCUT2D eigenvalue weighted by Gasteiger charge is 2.19. The zero-order chi connectivity index (χ0) is 15.4. The van der Waals surface area contributed by atoms with Gasteiger partial charge in [-0.3, -0.25) is 4.79 Å². The molecule has 2 aromatic rings. The normalized spacial score (nSPS) is 17.3. The minimum atomic E-state index is 0.0130. The van der Waals surface area contributed by atoms with Crippen molar-refractivity contribution in [2.24, 2.45) is 0 Å². The summed E-state index contributed by atoms with van der Waals surface area (Å²) >= 11 is 0. The zero-order valence-corrected chi connectivity index (χ0v) is 13.0. The molecule has 2 aromatic carbocycles. The molecule has 22 heavy (non-hydrogen) atoms. The lowest BCUT2D eigenvalue weighted by Gasteiger charge is -2.24. The molecule has 0 unspecified atom stereocenters. The summed E-state index contributed by atoms with van der Waals surface area (Å²) in [7, 11) is 0. The Balaban J connectivity index is 1.67. The molecule has 3 rings (SSSR count). The number of hydrogen-bond acceptors (Lipinski definition) is 2. The van der Waals surface area contributed by atoms with Crippen LogP contribution in [0.15, 0.2) is 42.5 Å². The molecule has 0 aliphatic carbocycles. The van der Waals surface area contributed by atoms with Gasteiger partial charge in [-0.2, -0.15) is 0 Å². The van der Waals surface area contributed by atoms with E-state index in [0.717, 1.165) is 26.3 Å². The van der Waals surface area contributed by atoms with Crippen molar-refractivity contribution in [1.82, 2.24) is 5.32 Å². The molecule has 0 saturated carbocycles. The molecule has 0 radical (unpaired) electrons. The van der Waals surface area contributed by atoms with Gasteiger partial charge in [0, 0.05) is 0 Å². The van der Waals surface area contributed by atoms with Gasteiger partial charge >= 0.3 is 0 Å². The van der Waals surface area contributed by atoms with Crippen LogP contribution >= 0.6 is 0 Å². The Morgan fingerprint density at radius 3 is 2.73 bits per heavy atom. The van der Waals surface area contributed by atoms with Gasteiger partial charge in [-0.05, 0) is 23.3 Å². The van der Waals surface area contributed by atoms with E-state index in [-0.39, 0.29) is 11.9 Å². The number of benzene rings is 2. The summed E-state index contributed by atoms with van der Waals surface area (Å²) in [6.07, 6.45) is 0. The van der Waals surface area contributed by atoms with E-state index in [1.54, 1.807) is 0 Å². The predicted molar refractivity (Wildman–Crippen MR) is 86.9 cm³/mol. The molecule has 1 aliphatic heterocycles. The number of amides is 1. The van der Waals surface area contributed by atoms with Gasteiger partial charge < -0.3 is 15.0 Å². The lowest BCUT2D eigenvalue weighted by atomic mass is 10.00. The molecule has 1 fully saturated rings. The van der Waals surface area contributed by atoms with Crippen LogP contribution in [0.1, 0.15) is 18.5 Å². The summed E-state index contributed by atoms with van der Waals surface area (Å²) in [4.78, 5) is 13.6. The van der Waals surface area contributed by atoms with E-state index < -0.39 is 0 Å². The molecule has 116 valence electrons. The monoisotopic (exact) mass is 299 g/mol. The highest BCUT2D eigenvalue weighted by atomic mass is 16.5. The Bertz CT molecular complexity index is 645. The first-order valence-electron chi connectivity index (χ1n) is 7.92. The van der Waals surface area contributed by atoms with Crippen LogP contribution in [0.5, 0.6) is 0 Å². The van der Waals surface area contributed by atoms with Crippen LogP contribution in [-0.4, -0.2) is 38.8 Å². The first-order chi connectivity index (χ1) is 10.7. The summed E-state index contributed by atoms with van der Waals surface area (Å²) in [5.41, 5.74) is 1.17. The van der Waals surface area contributed by atoms with Crippen molar-refractivity contribution in [3.8, 4) is 0 Å². The minimum absolute atomic E-state index is 0.0130. The highest BCUT2D eigenvalue weighted by molar-refractivity contribution is 5.87. The van der Waals surface area contributed by atoms with Crippen molar-refractivity contribution >= 4 is 16.7 Å². The van der Waals surface area contributed by atoms with E-state index in [1.165, 1.54) is 21.2 Å². The lowest BCUT2D eigenvalue weighted by Crippen LogP contribution is -3.15. The maximum absolute atomic E-state index is 12.3. The number of nitrogens with one attached hydrogen (secondary N) is 2. The number of carbonyl (C=O) groups is 1. The number of rotatable bonds is 4. The number of carbonyl (C=O) groups excluding carboxylic acids is 1. The van der Waals surface area contributed by atoms with Gasteiger partial charge in [0.25, 0.3) is 5.91 Å². The van der Waals surface area contributed by atoms with E-state index in [0.29, 0.717) is 6.54 Å². The molecule has 0 aromatic heterocycles. The maximum Gasteiger partial charge on any atom is 0.275 e. The van der Waals surface area contributed by atoms with E-state index in [1.807, 2.05) is 25.1 Å². The van der Waals surface area contributed by atoms with Gasteiger partial charge in [0.1, 0.15) is 13.1 Å². The lowest BCUT2D eigenvalue weighted by molar-refractivity contribution is -0.900. The van der Waals surface area contributed by atoms with Gasteiger partial charge in [0.15, 0.2) is 6.54 Å². The van der Waals surface area contributed by atoms with Crippen LogP contribution in [0, 0.1) is 0 Å². The molecule has 1 aliphatic rings. The van der Waals surface area contributed by atoms with Crippen LogP contribution in [0.3, 0.4) is 0 Å². The fraction of sp³-hybridized carbons (Fsp3) is 0.389. The molecule has 0 bridgehead atoms. The molecular weight excluding hydrogens is 276 g/mol. The van der Waals surface area contributed by atoms with Gasteiger partial charge in [-0.15, -0.1) is 0 Å².